The van der Waals surface area contributed by atoms with Gasteiger partial charge in [0.1, 0.15) is 5.75 Å². The van der Waals surface area contributed by atoms with E-state index in [0.717, 1.165) is 35.7 Å². The van der Waals surface area contributed by atoms with Gasteiger partial charge in [-0.2, -0.15) is 15.0 Å². The average Bonchev–Trinajstić information content (AvgIpc) is 2.89. The van der Waals surface area contributed by atoms with E-state index in [-0.39, 0.29) is 24.2 Å². The monoisotopic (exact) mass is 519 g/mol. The van der Waals surface area contributed by atoms with Gasteiger partial charge in [-0.1, -0.05) is 0 Å². The molecule has 1 aromatic heterocycles. The molecular weight excluding hydrogens is 482 g/mol. The normalized spacial score (nSPS) is 23.7. The van der Waals surface area contributed by atoms with E-state index in [1.807, 2.05) is 58.3 Å². The predicted molar refractivity (Wildman–Crippen MR) is 151 cm³/mol. The number of piperidine rings is 2. The van der Waals surface area contributed by atoms with Crippen LogP contribution >= 0.6 is 0 Å². The van der Waals surface area contributed by atoms with Crippen molar-refractivity contribution in [2.45, 2.75) is 37.0 Å². The molecule has 4 atom stereocenters. The Morgan fingerprint density at radius 3 is 1.45 bits per heavy atom. The molecule has 3 heterocycles. The molecule has 2 fully saturated rings. The molecule has 5 rings (SSSR count). The van der Waals surface area contributed by atoms with Crippen molar-refractivity contribution in [1.82, 2.24) is 15.0 Å². The largest absolute Gasteiger partial charge is 0.497 e. The van der Waals surface area contributed by atoms with Crippen LogP contribution in [-0.2, 0) is 0 Å². The lowest BCUT2D eigenvalue weighted by molar-refractivity contribution is 0.415. The fraction of sp³-hybridized carbons (Fsp3) is 0.423. The maximum atomic E-state index is 6.25. The first kappa shape index (κ1) is 25.9. The van der Waals surface area contributed by atoms with Gasteiger partial charge in [0.05, 0.1) is 7.11 Å². The number of ether oxygens (including phenoxy) is 1. The molecule has 2 saturated heterocycles. The summed E-state index contributed by atoms with van der Waals surface area (Å²) in [7, 11) is 1.65. The Labute approximate surface area is 222 Å². The minimum Gasteiger partial charge on any atom is -0.497 e. The van der Waals surface area contributed by atoms with E-state index in [2.05, 4.69) is 10.6 Å². The van der Waals surface area contributed by atoms with Gasteiger partial charge >= 0.3 is 0 Å². The maximum absolute atomic E-state index is 6.25. The molecule has 2 aromatic carbocycles. The van der Waals surface area contributed by atoms with Gasteiger partial charge in [-0.3, -0.25) is 0 Å². The first-order chi connectivity index (χ1) is 18.3. The minimum atomic E-state index is -0.0436. The quantitative estimate of drug-likeness (QED) is 0.262. The molecule has 2 aliphatic rings. The molecule has 202 valence electrons. The lowest BCUT2D eigenvalue weighted by Gasteiger charge is -2.37. The van der Waals surface area contributed by atoms with Crippen molar-refractivity contribution >= 4 is 34.9 Å². The number of hydrogen-bond donors (Lipinski definition) is 6. The van der Waals surface area contributed by atoms with E-state index < -0.39 is 0 Å². The molecule has 0 bridgehead atoms. The molecule has 0 aliphatic carbocycles. The number of hydrogen-bond acceptors (Lipinski definition) is 12. The fourth-order valence-corrected chi connectivity index (χ4v) is 4.98. The molecular formula is C26H37N11O. The van der Waals surface area contributed by atoms with Crippen molar-refractivity contribution < 1.29 is 4.74 Å². The van der Waals surface area contributed by atoms with Crippen LogP contribution < -0.4 is 48.1 Å². The molecule has 0 amide bonds. The second-order valence-electron chi connectivity index (χ2n) is 10.1. The summed E-state index contributed by atoms with van der Waals surface area (Å²) in [5, 5.41) is 6.71. The topological polar surface area (TPSA) is 183 Å². The van der Waals surface area contributed by atoms with Gasteiger partial charge in [0.25, 0.3) is 0 Å². The average molecular weight is 520 g/mol. The van der Waals surface area contributed by atoms with Gasteiger partial charge in [0.2, 0.25) is 17.8 Å². The van der Waals surface area contributed by atoms with E-state index in [0.29, 0.717) is 44.0 Å². The smallest absolute Gasteiger partial charge is 0.233 e. The summed E-state index contributed by atoms with van der Waals surface area (Å²) in [4.78, 5) is 18.3. The van der Waals surface area contributed by atoms with Crippen LogP contribution in [0.4, 0.5) is 34.9 Å². The Morgan fingerprint density at radius 1 is 0.632 bits per heavy atom. The van der Waals surface area contributed by atoms with Crippen LogP contribution in [0.5, 0.6) is 5.75 Å². The molecule has 0 radical (unpaired) electrons. The number of nitrogens with two attached hydrogens (primary N) is 4. The van der Waals surface area contributed by atoms with E-state index in [9.17, 15) is 0 Å². The first-order valence-corrected chi connectivity index (χ1v) is 12.9. The summed E-state index contributed by atoms with van der Waals surface area (Å²) in [5.74, 6) is 2.32. The number of aromatic nitrogens is 3. The summed E-state index contributed by atoms with van der Waals surface area (Å²) in [6, 6.07) is 15.5. The van der Waals surface area contributed by atoms with E-state index in [4.69, 9.17) is 42.6 Å². The Bertz CT molecular complexity index is 1140. The van der Waals surface area contributed by atoms with E-state index in [1.54, 1.807) is 7.11 Å². The van der Waals surface area contributed by atoms with Crippen LogP contribution in [0.2, 0.25) is 0 Å². The molecule has 12 heteroatoms. The zero-order chi connectivity index (χ0) is 26.6. The third-order valence-corrected chi connectivity index (χ3v) is 6.73. The standard InChI is InChI=1S/C26H37N11O/c1-38-23-8-6-21(7-9-23)31-20-2-4-22(5-3-20)32-24-33-25(36-12-16(27)10-17(28)13-36)35-26(34-24)37-14-18(29)11-19(30)15-37/h2-9,16-19,31H,10-15,27-30H2,1H3,(H,32,33,34,35)/t16-,17+,18-,19+. The fourth-order valence-electron chi connectivity index (χ4n) is 4.98. The van der Waals surface area contributed by atoms with Gasteiger partial charge in [-0.25, -0.2) is 0 Å². The summed E-state index contributed by atoms with van der Waals surface area (Å²) in [5.41, 5.74) is 27.8. The number of nitrogens with one attached hydrogen (secondary N) is 2. The minimum absolute atomic E-state index is 0.0436. The van der Waals surface area contributed by atoms with Gasteiger partial charge in [0, 0.05) is 67.4 Å². The van der Waals surface area contributed by atoms with Gasteiger partial charge < -0.3 is 48.1 Å². The lowest BCUT2D eigenvalue weighted by Crippen LogP contribution is -2.54. The zero-order valence-electron chi connectivity index (χ0n) is 21.6. The van der Waals surface area contributed by atoms with Crippen LogP contribution in [0, 0.1) is 0 Å². The van der Waals surface area contributed by atoms with Gasteiger partial charge in [-0.05, 0) is 61.4 Å². The van der Waals surface area contributed by atoms with Crippen LogP contribution in [0.15, 0.2) is 48.5 Å². The third-order valence-electron chi connectivity index (χ3n) is 6.73. The SMILES string of the molecule is COc1ccc(Nc2ccc(Nc3nc(N4C[C@H](N)C[C@H](N)C4)nc(N4C[C@H](N)C[C@H](N)C4)n3)cc2)cc1. The van der Waals surface area contributed by atoms with Crippen LogP contribution in [0.3, 0.4) is 0 Å². The zero-order valence-corrected chi connectivity index (χ0v) is 21.6. The summed E-state index contributed by atoms with van der Waals surface area (Å²) < 4.78 is 5.22. The highest BCUT2D eigenvalue weighted by molar-refractivity contribution is 5.65. The number of rotatable bonds is 7. The van der Waals surface area contributed by atoms with Crippen molar-refractivity contribution in [3.8, 4) is 5.75 Å². The highest BCUT2D eigenvalue weighted by Gasteiger charge is 2.28. The number of anilines is 6. The van der Waals surface area contributed by atoms with Gasteiger partial charge in [0.15, 0.2) is 0 Å². The number of nitrogens with zero attached hydrogens (tertiary/aromatic N) is 5. The first-order valence-electron chi connectivity index (χ1n) is 12.9. The van der Waals surface area contributed by atoms with E-state index >= 15 is 0 Å². The van der Waals surface area contributed by atoms with Crippen molar-refractivity contribution in [2.24, 2.45) is 22.9 Å². The number of methoxy groups -OCH3 is 1. The molecule has 38 heavy (non-hydrogen) atoms. The Morgan fingerprint density at radius 2 is 1.03 bits per heavy atom. The number of benzene rings is 2. The second-order valence-corrected chi connectivity index (χ2v) is 10.1. The molecule has 2 aliphatic heterocycles. The summed E-state index contributed by atoms with van der Waals surface area (Å²) in [6.07, 6.45) is 1.54. The van der Waals surface area contributed by atoms with Crippen molar-refractivity contribution in [2.75, 3.05) is 53.7 Å². The van der Waals surface area contributed by atoms with Crippen molar-refractivity contribution in [3.05, 3.63) is 48.5 Å². The highest BCUT2D eigenvalue weighted by Crippen LogP contribution is 2.25. The Kier molecular flexibility index (Phi) is 7.74. The van der Waals surface area contributed by atoms with Crippen molar-refractivity contribution in [1.29, 1.82) is 0 Å². The Hall–Kier alpha value is -3.71. The van der Waals surface area contributed by atoms with Crippen molar-refractivity contribution in [3.63, 3.8) is 0 Å². The molecule has 0 unspecified atom stereocenters. The summed E-state index contributed by atoms with van der Waals surface area (Å²) in [6.45, 7) is 2.51. The molecule has 10 N–H and O–H groups in total. The van der Waals surface area contributed by atoms with Crippen LogP contribution in [0.25, 0.3) is 0 Å². The van der Waals surface area contributed by atoms with Crippen LogP contribution in [-0.4, -0.2) is 72.4 Å². The highest BCUT2D eigenvalue weighted by atomic mass is 16.5. The maximum Gasteiger partial charge on any atom is 0.233 e. The second kappa shape index (κ2) is 11.4. The Balaban J connectivity index is 1.37. The molecule has 3 aromatic rings. The lowest BCUT2D eigenvalue weighted by atomic mass is 10.0. The van der Waals surface area contributed by atoms with E-state index in [1.165, 1.54) is 0 Å². The molecule has 0 spiro atoms. The van der Waals surface area contributed by atoms with Crippen LogP contribution in [0.1, 0.15) is 12.8 Å². The molecule has 12 nitrogen and oxygen atoms in total. The predicted octanol–water partition coefficient (Wildman–Crippen LogP) is 1.10. The van der Waals surface area contributed by atoms with Gasteiger partial charge in [-0.15, -0.1) is 0 Å². The third kappa shape index (κ3) is 6.40. The molecule has 0 saturated carbocycles. The summed E-state index contributed by atoms with van der Waals surface area (Å²) >= 11 is 0.